The van der Waals surface area contributed by atoms with Crippen LogP contribution in [0.2, 0.25) is 0 Å². The molecule has 4 rings (SSSR count). The molecular weight excluding hydrogens is 469 g/mol. The summed E-state index contributed by atoms with van der Waals surface area (Å²) in [4.78, 5) is 29.9. The van der Waals surface area contributed by atoms with E-state index in [1.165, 1.54) is 11.9 Å². The minimum atomic E-state index is -4.28. The Labute approximate surface area is 208 Å². The Bertz CT molecular complexity index is 1340. The van der Waals surface area contributed by atoms with Crippen molar-refractivity contribution in [3.8, 4) is 0 Å². The third-order valence-electron chi connectivity index (χ3n) is 7.68. The van der Waals surface area contributed by atoms with Gasteiger partial charge in [0, 0.05) is 40.4 Å². The number of rotatable bonds is 5. The smallest absolute Gasteiger partial charge is 0.348 e. The number of amides is 1. The van der Waals surface area contributed by atoms with Crippen molar-refractivity contribution in [1.29, 1.82) is 0 Å². The molecule has 1 aromatic carbocycles. The van der Waals surface area contributed by atoms with Gasteiger partial charge < -0.3 is 14.9 Å². The Kier molecular flexibility index (Phi) is 7.05. The normalized spacial score (nSPS) is 20.0. The van der Waals surface area contributed by atoms with Crippen LogP contribution in [0.1, 0.15) is 58.7 Å². The van der Waals surface area contributed by atoms with E-state index in [1.807, 2.05) is 55.7 Å². The van der Waals surface area contributed by atoms with Crippen LogP contribution < -0.4 is 10.9 Å². The van der Waals surface area contributed by atoms with Crippen molar-refractivity contribution < 1.29 is 18.0 Å². The predicted molar refractivity (Wildman–Crippen MR) is 134 cm³/mol. The van der Waals surface area contributed by atoms with Crippen LogP contribution in [0.25, 0.3) is 10.9 Å². The zero-order valence-corrected chi connectivity index (χ0v) is 21.3. The molecule has 2 N–H and O–H groups in total. The molecule has 0 bridgehead atoms. The van der Waals surface area contributed by atoms with Crippen LogP contribution in [0.15, 0.2) is 35.1 Å². The Morgan fingerprint density at radius 2 is 1.92 bits per heavy atom. The number of pyridine rings is 1. The van der Waals surface area contributed by atoms with Gasteiger partial charge in [-0.25, -0.2) is 0 Å². The third kappa shape index (κ3) is 4.81. The number of likely N-dealkylation sites (tertiary alicyclic amines) is 1. The summed E-state index contributed by atoms with van der Waals surface area (Å²) < 4.78 is 43.0. The van der Waals surface area contributed by atoms with E-state index < -0.39 is 12.2 Å². The summed E-state index contributed by atoms with van der Waals surface area (Å²) in [7, 11) is 1.53. The number of halogens is 3. The number of hydrogen-bond donors (Lipinski definition) is 2. The van der Waals surface area contributed by atoms with Crippen LogP contribution in [0, 0.1) is 26.7 Å². The number of para-hydroxylation sites is 1. The van der Waals surface area contributed by atoms with Gasteiger partial charge in [-0.1, -0.05) is 18.2 Å². The van der Waals surface area contributed by atoms with E-state index in [4.69, 9.17) is 0 Å². The lowest BCUT2D eigenvalue weighted by atomic mass is 9.85. The van der Waals surface area contributed by atoms with Crippen LogP contribution in [-0.2, 0) is 6.54 Å². The summed E-state index contributed by atoms with van der Waals surface area (Å²) in [5, 5.41) is 3.63. The molecule has 1 aliphatic rings. The highest BCUT2D eigenvalue weighted by atomic mass is 19.4. The topological polar surface area (TPSA) is 70.1 Å². The highest BCUT2D eigenvalue weighted by molar-refractivity contribution is 6.08. The zero-order chi connectivity index (χ0) is 26.4. The first-order valence-corrected chi connectivity index (χ1v) is 12.2. The maximum absolute atomic E-state index is 13.7. The van der Waals surface area contributed by atoms with Crippen molar-refractivity contribution in [3.63, 3.8) is 0 Å². The maximum Gasteiger partial charge on any atom is 0.404 e. The lowest BCUT2D eigenvalue weighted by Crippen LogP contribution is -2.49. The van der Waals surface area contributed by atoms with Crippen LogP contribution in [0.3, 0.4) is 0 Å². The highest BCUT2D eigenvalue weighted by Gasteiger charge is 2.46. The molecule has 0 aliphatic carbocycles. The second-order valence-corrected chi connectivity index (χ2v) is 10.0. The number of hydrogen-bond acceptors (Lipinski definition) is 3. The van der Waals surface area contributed by atoms with Crippen molar-refractivity contribution in [2.45, 2.75) is 65.3 Å². The third-order valence-corrected chi connectivity index (χ3v) is 7.68. The molecule has 1 aliphatic heterocycles. The molecule has 0 spiro atoms. The minimum absolute atomic E-state index is 0.0180. The summed E-state index contributed by atoms with van der Waals surface area (Å²) in [5.74, 6) is -0.502. The first kappa shape index (κ1) is 26.0. The number of aryl methyl sites for hydroxylation is 2. The van der Waals surface area contributed by atoms with Crippen LogP contribution in [0.5, 0.6) is 0 Å². The van der Waals surface area contributed by atoms with E-state index in [0.29, 0.717) is 29.8 Å². The number of nitrogens with one attached hydrogen (secondary N) is 2. The Hall–Kier alpha value is -3.07. The maximum atomic E-state index is 13.7. The summed E-state index contributed by atoms with van der Waals surface area (Å²) in [6.07, 6.45) is -3.62. The van der Waals surface area contributed by atoms with Crippen LogP contribution in [-0.4, -0.2) is 46.2 Å². The first-order chi connectivity index (χ1) is 16.9. The molecule has 194 valence electrons. The van der Waals surface area contributed by atoms with Gasteiger partial charge in [-0.3, -0.25) is 14.5 Å². The largest absolute Gasteiger partial charge is 0.404 e. The van der Waals surface area contributed by atoms with Crippen molar-refractivity contribution in [3.05, 3.63) is 68.8 Å². The van der Waals surface area contributed by atoms with E-state index in [9.17, 15) is 22.8 Å². The quantitative estimate of drug-likeness (QED) is 0.515. The SMILES string of the molecule is Cc1cc(C)c(CNC(=O)c2c(C)n([C@H](C)[C@H]3CCN(C)[C@@H](C(F)(F)F)C3)c3ccccc23)c(=O)[nH]1. The fourth-order valence-corrected chi connectivity index (χ4v) is 5.70. The minimum Gasteiger partial charge on any atom is -0.348 e. The van der Waals surface area contributed by atoms with E-state index >= 15 is 0 Å². The van der Waals surface area contributed by atoms with Gasteiger partial charge in [-0.05, 0) is 77.7 Å². The van der Waals surface area contributed by atoms with Gasteiger partial charge in [0.15, 0.2) is 0 Å². The lowest BCUT2D eigenvalue weighted by molar-refractivity contribution is -0.192. The molecular formula is C27H33F3N4O2. The van der Waals surface area contributed by atoms with Crippen molar-refractivity contribution in [2.24, 2.45) is 5.92 Å². The van der Waals surface area contributed by atoms with Crippen molar-refractivity contribution >= 4 is 16.8 Å². The molecule has 9 heteroatoms. The summed E-state index contributed by atoms with van der Waals surface area (Å²) >= 11 is 0. The van der Waals surface area contributed by atoms with Crippen LogP contribution >= 0.6 is 0 Å². The standard InChI is InChI=1S/C27H33F3N4O2/c1-15-12-16(2)32-25(35)21(15)14-31-26(36)24-18(4)34(22-9-7-6-8-20(22)24)17(3)19-10-11-33(5)23(13-19)27(28,29)30/h6-9,12,17,19,23H,10-11,13-14H2,1-5H3,(H,31,36)(H,32,35)/t17-,19+,23-/m1/s1. The molecule has 1 saturated heterocycles. The summed E-state index contributed by atoms with van der Waals surface area (Å²) in [6, 6.07) is 7.64. The van der Waals surface area contributed by atoms with Gasteiger partial charge in [0.25, 0.3) is 11.5 Å². The molecule has 1 amide bonds. The zero-order valence-electron chi connectivity index (χ0n) is 21.3. The molecule has 3 aromatic rings. The molecule has 1 fully saturated rings. The number of carbonyl (C=O) groups is 1. The Balaban J connectivity index is 1.66. The number of alkyl halides is 3. The van der Waals surface area contributed by atoms with Gasteiger partial charge in [0.05, 0.1) is 5.56 Å². The van der Waals surface area contributed by atoms with E-state index in [1.54, 1.807) is 6.92 Å². The Morgan fingerprint density at radius 3 is 2.58 bits per heavy atom. The number of H-pyrrole nitrogens is 1. The van der Waals surface area contributed by atoms with Crippen molar-refractivity contribution in [2.75, 3.05) is 13.6 Å². The van der Waals surface area contributed by atoms with Crippen LogP contribution in [0.4, 0.5) is 13.2 Å². The number of aromatic nitrogens is 2. The first-order valence-electron chi connectivity index (χ1n) is 12.2. The van der Waals surface area contributed by atoms with Gasteiger partial charge in [-0.15, -0.1) is 0 Å². The van der Waals surface area contributed by atoms with Gasteiger partial charge in [-0.2, -0.15) is 13.2 Å². The fraction of sp³-hybridized carbons (Fsp3) is 0.481. The summed E-state index contributed by atoms with van der Waals surface area (Å²) in [5.41, 5.74) is 3.82. The second-order valence-electron chi connectivity index (χ2n) is 10.0. The van der Waals surface area contributed by atoms with Gasteiger partial charge in [0.1, 0.15) is 6.04 Å². The molecule has 6 nitrogen and oxygen atoms in total. The monoisotopic (exact) mass is 502 g/mol. The number of nitrogens with zero attached hydrogens (tertiary/aromatic N) is 2. The Morgan fingerprint density at radius 1 is 1.22 bits per heavy atom. The number of aromatic amines is 1. The molecule has 0 radical (unpaired) electrons. The molecule has 0 saturated carbocycles. The fourth-order valence-electron chi connectivity index (χ4n) is 5.70. The molecule has 3 atom stereocenters. The molecule has 2 aromatic heterocycles. The predicted octanol–water partition coefficient (Wildman–Crippen LogP) is 5.02. The number of carbonyl (C=O) groups excluding carboxylic acids is 1. The number of benzene rings is 1. The summed E-state index contributed by atoms with van der Waals surface area (Å²) in [6.45, 7) is 7.87. The second kappa shape index (κ2) is 9.76. The van der Waals surface area contributed by atoms with Gasteiger partial charge >= 0.3 is 6.18 Å². The number of fused-ring (bicyclic) bond motifs is 1. The average Bonchev–Trinajstić information content (AvgIpc) is 3.09. The van der Waals surface area contributed by atoms with E-state index in [0.717, 1.165) is 22.2 Å². The molecule has 3 heterocycles. The van der Waals surface area contributed by atoms with E-state index in [2.05, 4.69) is 10.3 Å². The molecule has 0 unspecified atom stereocenters. The average molecular weight is 503 g/mol. The lowest BCUT2D eigenvalue weighted by Gasteiger charge is -2.40. The molecule has 36 heavy (non-hydrogen) atoms. The van der Waals surface area contributed by atoms with Gasteiger partial charge in [0.2, 0.25) is 0 Å². The number of piperidine rings is 1. The van der Waals surface area contributed by atoms with E-state index in [-0.39, 0.29) is 36.4 Å². The van der Waals surface area contributed by atoms with Crippen molar-refractivity contribution in [1.82, 2.24) is 19.8 Å². The highest BCUT2D eigenvalue weighted by Crippen LogP contribution is 2.40.